The van der Waals surface area contributed by atoms with Gasteiger partial charge in [-0.05, 0) is 36.4 Å². The number of hydrogen-bond donors (Lipinski definition) is 0. The van der Waals surface area contributed by atoms with Crippen molar-refractivity contribution < 1.29 is 9.53 Å². The maximum absolute atomic E-state index is 12.6. The zero-order valence-electron chi connectivity index (χ0n) is 11.0. The average molecular weight is 263 g/mol. The summed E-state index contributed by atoms with van der Waals surface area (Å²) in [7, 11) is 1.57. The minimum Gasteiger partial charge on any atom is -0.496 e. The third-order valence-corrected chi connectivity index (χ3v) is 3.22. The van der Waals surface area contributed by atoms with Crippen LogP contribution in [0.2, 0.25) is 0 Å². The van der Waals surface area contributed by atoms with Crippen LogP contribution in [0.4, 0.5) is 0 Å². The third-order valence-electron chi connectivity index (χ3n) is 3.22. The van der Waals surface area contributed by atoms with Gasteiger partial charge in [-0.25, -0.2) is 0 Å². The molecule has 3 nitrogen and oxygen atoms in total. The van der Waals surface area contributed by atoms with Crippen molar-refractivity contribution in [3.05, 3.63) is 71.9 Å². The standard InChI is InChI=1S/C17H13NO2/c1-20-16-7-3-2-6-14(16)17(19)13-8-9-15-12(11-13)5-4-10-18-15/h2-11H,1H3. The highest BCUT2D eigenvalue weighted by atomic mass is 16.5. The van der Waals surface area contributed by atoms with E-state index in [9.17, 15) is 4.79 Å². The van der Waals surface area contributed by atoms with Crippen LogP contribution in [0.25, 0.3) is 10.9 Å². The summed E-state index contributed by atoms with van der Waals surface area (Å²) in [5.74, 6) is 0.539. The van der Waals surface area contributed by atoms with Crippen molar-refractivity contribution in [1.82, 2.24) is 4.98 Å². The number of methoxy groups -OCH3 is 1. The van der Waals surface area contributed by atoms with Gasteiger partial charge in [0.05, 0.1) is 18.2 Å². The van der Waals surface area contributed by atoms with Gasteiger partial charge in [-0.15, -0.1) is 0 Å². The number of fused-ring (bicyclic) bond motifs is 1. The van der Waals surface area contributed by atoms with Crippen molar-refractivity contribution in [2.24, 2.45) is 0 Å². The SMILES string of the molecule is COc1ccccc1C(=O)c1ccc2ncccc2c1. The molecular formula is C17H13NO2. The first-order valence-corrected chi connectivity index (χ1v) is 6.32. The molecule has 0 atom stereocenters. The second-order valence-corrected chi connectivity index (χ2v) is 4.44. The predicted octanol–water partition coefficient (Wildman–Crippen LogP) is 3.47. The van der Waals surface area contributed by atoms with Gasteiger partial charge in [0.1, 0.15) is 5.75 Å². The molecule has 0 radical (unpaired) electrons. The van der Waals surface area contributed by atoms with E-state index in [1.54, 1.807) is 31.5 Å². The van der Waals surface area contributed by atoms with E-state index in [0.29, 0.717) is 16.9 Å². The summed E-state index contributed by atoms with van der Waals surface area (Å²) >= 11 is 0. The number of pyridine rings is 1. The molecule has 98 valence electrons. The van der Waals surface area contributed by atoms with Crippen molar-refractivity contribution in [2.45, 2.75) is 0 Å². The maximum Gasteiger partial charge on any atom is 0.196 e. The number of carbonyl (C=O) groups excluding carboxylic acids is 1. The molecule has 20 heavy (non-hydrogen) atoms. The molecule has 0 bridgehead atoms. The molecule has 0 saturated heterocycles. The largest absolute Gasteiger partial charge is 0.496 e. The number of ketones is 1. The van der Waals surface area contributed by atoms with Crippen LogP contribution in [0, 0.1) is 0 Å². The Morgan fingerprint density at radius 1 is 1.05 bits per heavy atom. The predicted molar refractivity (Wildman–Crippen MR) is 78.2 cm³/mol. The van der Waals surface area contributed by atoms with Gasteiger partial charge in [0.25, 0.3) is 0 Å². The summed E-state index contributed by atoms with van der Waals surface area (Å²) in [6, 6.07) is 16.6. The van der Waals surface area contributed by atoms with Gasteiger partial charge >= 0.3 is 0 Å². The Hall–Kier alpha value is -2.68. The molecule has 0 aliphatic heterocycles. The Labute approximate surface area is 116 Å². The first kappa shape index (κ1) is 12.4. The molecule has 0 spiro atoms. The summed E-state index contributed by atoms with van der Waals surface area (Å²) in [5.41, 5.74) is 2.08. The smallest absolute Gasteiger partial charge is 0.196 e. The van der Waals surface area contributed by atoms with Crippen molar-refractivity contribution in [1.29, 1.82) is 0 Å². The fourth-order valence-corrected chi connectivity index (χ4v) is 2.20. The Balaban J connectivity index is 2.08. The van der Waals surface area contributed by atoms with Gasteiger partial charge in [0.2, 0.25) is 0 Å². The van der Waals surface area contributed by atoms with E-state index < -0.39 is 0 Å². The van der Waals surface area contributed by atoms with Crippen molar-refractivity contribution in [3.63, 3.8) is 0 Å². The van der Waals surface area contributed by atoms with Crippen LogP contribution >= 0.6 is 0 Å². The summed E-state index contributed by atoms with van der Waals surface area (Å²) < 4.78 is 5.24. The van der Waals surface area contributed by atoms with Crippen molar-refractivity contribution >= 4 is 16.7 Å². The second-order valence-electron chi connectivity index (χ2n) is 4.44. The lowest BCUT2D eigenvalue weighted by molar-refractivity contribution is 0.103. The minimum absolute atomic E-state index is 0.0480. The molecule has 0 saturated carbocycles. The summed E-state index contributed by atoms with van der Waals surface area (Å²) in [5, 5.41) is 0.952. The molecule has 1 aromatic heterocycles. The van der Waals surface area contributed by atoms with Crippen molar-refractivity contribution in [3.8, 4) is 5.75 Å². The highest BCUT2D eigenvalue weighted by Gasteiger charge is 2.14. The number of carbonyl (C=O) groups is 1. The molecule has 0 amide bonds. The van der Waals surface area contributed by atoms with Gasteiger partial charge in [-0.2, -0.15) is 0 Å². The summed E-state index contributed by atoms with van der Waals surface area (Å²) in [6.45, 7) is 0. The van der Waals surface area contributed by atoms with E-state index in [-0.39, 0.29) is 5.78 Å². The minimum atomic E-state index is -0.0480. The molecule has 3 rings (SSSR count). The number of hydrogen-bond acceptors (Lipinski definition) is 3. The molecule has 3 heteroatoms. The quantitative estimate of drug-likeness (QED) is 0.679. The first-order valence-electron chi connectivity index (χ1n) is 6.32. The number of rotatable bonds is 3. The molecule has 3 aromatic rings. The molecule has 0 unspecified atom stereocenters. The molecule has 0 N–H and O–H groups in total. The fourth-order valence-electron chi connectivity index (χ4n) is 2.20. The second kappa shape index (κ2) is 5.13. The van der Waals surface area contributed by atoms with E-state index in [4.69, 9.17) is 4.74 Å². The normalized spacial score (nSPS) is 10.4. The first-order chi connectivity index (χ1) is 9.79. The van der Waals surface area contributed by atoms with Gasteiger partial charge in [-0.3, -0.25) is 9.78 Å². The van der Waals surface area contributed by atoms with E-state index >= 15 is 0 Å². The van der Waals surface area contributed by atoms with E-state index in [1.165, 1.54) is 0 Å². The lowest BCUT2D eigenvalue weighted by Gasteiger charge is -2.07. The third kappa shape index (κ3) is 2.14. The number of aromatic nitrogens is 1. The summed E-state index contributed by atoms with van der Waals surface area (Å²) in [4.78, 5) is 16.8. The number of benzene rings is 2. The van der Waals surface area contributed by atoms with Crippen LogP contribution in [-0.2, 0) is 0 Å². The highest BCUT2D eigenvalue weighted by molar-refractivity contribution is 6.12. The number of ether oxygens (including phenoxy) is 1. The van der Waals surface area contributed by atoms with E-state index in [2.05, 4.69) is 4.98 Å². The van der Waals surface area contributed by atoms with Crippen LogP contribution in [-0.4, -0.2) is 17.9 Å². The molecule has 0 aliphatic rings. The topological polar surface area (TPSA) is 39.2 Å². The number of para-hydroxylation sites is 1. The van der Waals surface area contributed by atoms with Crippen molar-refractivity contribution in [2.75, 3.05) is 7.11 Å². The average Bonchev–Trinajstić information content (AvgIpc) is 2.53. The zero-order chi connectivity index (χ0) is 13.9. The lowest BCUT2D eigenvalue weighted by Crippen LogP contribution is -2.03. The zero-order valence-corrected chi connectivity index (χ0v) is 11.0. The maximum atomic E-state index is 12.6. The molecular weight excluding hydrogens is 250 g/mol. The Bertz CT molecular complexity index is 781. The Kier molecular flexibility index (Phi) is 3.17. The number of nitrogens with zero attached hydrogens (tertiary/aromatic N) is 1. The fraction of sp³-hybridized carbons (Fsp3) is 0.0588. The van der Waals surface area contributed by atoms with Gasteiger partial charge < -0.3 is 4.74 Å². The Morgan fingerprint density at radius 3 is 2.75 bits per heavy atom. The summed E-state index contributed by atoms with van der Waals surface area (Å²) in [6.07, 6.45) is 1.74. The molecule has 2 aromatic carbocycles. The van der Waals surface area contributed by atoms with Crippen LogP contribution in [0.5, 0.6) is 5.75 Å². The van der Waals surface area contributed by atoms with Gasteiger partial charge in [0.15, 0.2) is 5.78 Å². The van der Waals surface area contributed by atoms with Crippen LogP contribution in [0.1, 0.15) is 15.9 Å². The van der Waals surface area contributed by atoms with Crippen LogP contribution < -0.4 is 4.74 Å². The molecule has 0 aliphatic carbocycles. The lowest BCUT2D eigenvalue weighted by atomic mass is 10.0. The van der Waals surface area contributed by atoms with E-state index in [0.717, 1.165) is 10.9 Å². The Morgan fingerprint density at radius 2 is 1.90 bits per heavy atom. The van der Waals surface area contributed by atoms with Gasteiger partial charge in [0, 0.05) is 17.1 Å². The molecule has 1 heterocycles. The van der Waals surface area contributed by atoms with Crippen LogP contribution in [0.15, 0.2) is 60.8 Å². The van der Waals surface area contributed by atoms with E-state index in [1.807, 2.05) is 36.4 Å². The van der Waals surface area contributed by atoms with Crippen LogP contribution in [0.3, 0.4) is 0 Å². The monoisotopic (exact) mass is 263 g/mol. The highest BCUT2D eigenvalue weighted by Crippen LogP contribution is 2.22. The van der Waals surface area contributed by atoms with Gasteiger partial charge in [-0.1, -0.05) is 18.2 Å². The molecule has 0 fully saturated rings.